The van der Waals surface area contributed by atoms with Crippen LogP contribution in [0.25, 0.3) is 0 Å². The molecule has 0 spiro atoms. The van der Waals surface area contributed by atoms with E-state index in [0.717, 1.165) is 5.69 Å². The van der Waals surface area contributed by atoms with E-state index in [-0.39, 0.29) is 6.03 Å². The fourth-order valence-electron chi connectivity index (χ4n) is 2.42. The summed E-state index contributed by atoms with van der Waals surface area (Å²) in [7, 11) is 3.58. The topological polar surface area (TPSA) is 73.4 Å². The van der Waals surface area contributed by atoms with Gasteiger partial charge < -0.3 is 15.5 Å². The molecule has 2 N–H and O–H groups in total. The fourth-order valence-corrected chi connectivity index (χ4v) is 2.71. The summed E-state index contributed by atoms with van der Waals surface area (Å²) < 4.78 is 0. The molecule has 9 heteroatoms. The zero-order valence-corrected chi connectivity index (χ0v) is 14.7. The maximum absolute atomic E-state index is 11.8. The van der Waals surface area contributed by atoms with Crippen LogP contribution in [0, 0.1) is 0 Å². The van der Waals surface area contributed by atoms with Gasteiger partial charge in [0.2, 0.25) is 5.95 Å². The molecule has 1 saturated heterocycles. The summed E-state index contributed by atoms with van der Waals surface area (Å²) in [6.45, 7) is 1.19. The van der Waals surface area contributed by atoms with Crippen molar-refractivity contribution < 1.29 is 4.79 Å². The van der Waals surface area contributed by atoms with Gasteiger partial charge in [-0.15, -0.1) is 0 Å². The average molecular weight is 367 g/mol. The average Bonchev–Trinajstić information content (AvgIpc) is 3.02. The maximum Gasteiger partial charge on any atom is 0.322 e. The Bertz CT molecular complexity index is 785. The van der Waals surface area contributed by atoms with Crippen LogP contribution in [0.3, 0.4) is 0 Å². The molecule has 126 valence electrons. The van der Waals surface area contributed by atoms with Crippen LogP contribution in [0.2, 0.25) is 10.0 Å². The number of amides is 2. The molecule has 2 amide bonds. The zero-order valence-electron chi connectivity index (χ0n) is 13.2. The van der Waals surface area contributed by atoms with Gasteiger partial charge in [-0.2, -0.15) is 4.98 Å². The summed E-state index contributed by atoms with van der Waals surface area (Å²) in [4.78, 5) is 24.1. The van der Waals surface area contributed by atoms with Crippen molar-refractivity contribution in [1.29, 1.82) is 0 Å². The van der Waals surface area contributed by atoms with Gasteiger partial charge >= 0.3 is 6.03 Å². The second-order valence-electron chi connectivity index (χ2n) is 5.19. The summed E-state index contributed by atoms with van der Waals surface area (Å²) in [6.07, 6.45) is 1.63. The van der Waals surface area contributed by atoms with Crippen LogP contribution in [0.4, 0.5) is 27.9 Å². The summed E-state index contributed by atoms with van der Waals surface area (Å²) >= 11 is 12.0. The highest BCUT2D eigenvalue weighted by molar-refractivity contribution is 6.42. The molecule has 1 aliphatic heterocycles. The van der Waals surface area contributed by atoms with E-state index in [2.05, 4.69) is 20.6 Å². The van der Waals surface area contributed by atoms with Crippen molar-refractivity contribution in [1.82, 2.24) is 15.3 Å². The molecule has 0 bridgehead atoms. The van der Waals surface area contributed by atoms with Crippen molar-refractivity contribution >= 4 is 52.4 Å². The van der Waals surface area contributed by atoms with E-state index in [1.165, 1.54) is 0 Å². The highest BCUT2D eigenvalue weighted by Gasteiger charge is 2.25. The van der Waals surface area contributed by atoms with Gasteiger partial charge in [-0.25, -0.2) is 9.78 Å². The van der Waals surface area contributed by atoms with Gasteiger partial charge in [0.05, 0.1) is 16.2 Å². The predicted molar refractivity (Wildman–Crippen MR) is 96.8 cm³/mol. The lowest BCUT2D eigenvalue weighted by Gasteiger charge is -2.21. The monoisotopic (exact) mass is 366 g/mol. The smallest absolute Gasteiger partial charge is 0.322 e. The van der Waals surface area contributed by atoms with Crippen LogP contribution in [0.15, 0.2) is 24.4 Å². The number of carbonyl (C=O) groups excluding carboxylic acids is 1. The number of halogens is 2. The molecule has 1 aromatic heterocycles. The number of nitrogens with one attached hydrogen (secondary N) is 2. The van der Waals surface area contributed by atoms with Gasteiger partial charge in [-0.3, -0.25) is 4.90 Å². The largest absolute Gasteiger partial charge is 0.371 e. The molecule has 0 unspecified atom stereocenters. The molecule has 0 saturated carbocycles. The number of anilines is 4. The lowest BCUT2D eigenvalue weighted by atomic mass is 10.3. The zero-order chi connectivity index (χ0) is 17.3. The van der Waals surface area contributed by atoms with Crippen LogP contribution in [-0.4, -0.2) is 43.2 Å². The molecule has 2 aromatic rings. The first-order chi connectivity index (χ1) is 11.5. The second kappa shape index (κ2) is 6.70. The van der Waals surface area contributed by atoms with Gasteiger partial charge in [-0.05, 0) is 18.2 Å². The number of hydrogen-bond donors (Lipinski definition) is 2. The first-order valence-corrected chi connectivity index (χ1v) is 8.06. The SMILES string of the molecule is CNc1nc(N(C)c2ccc(Cl)c(Cl)c2)ncc1N1CCNC1=O. The van der Waals surface area contributed by atoms with Crippen molar-refractivity contribution in [2.75, 3.05) is 42.3 Å². The van der Waals surface area contributed by atoms with Crippen molar-refractivity contribution in [2.24, 2.45) is 0 Å². The number of urea groups is 1. The van der Waals surface area contributed by atoms with E-state index < -0.39 is 0 Å². The molecule has 0 radical (unpaired) electrons. The molecule has 1 aromatic carbocycles. The third-order valence-corrected chi connectivity index (χ3v) is 4.47. The number of rotatable bonds is 4. The van der Waals surface area contributed by atoms with Crippen LogP contribution in [0.5, 0.6) is 0 Å². The van der Waals surface area contributed by atoms with E-state index in [0.29, 0.717) is 40.6 Å². The molecule has 0 aliphatic carbocycles. The Kier molecular flexibility index (Phi) is 4.64. The van der Waals surface area contributed by atoms with Gasteiger partial charge in [0.25, 0.3) is 0 Å². The standard InChI is InChI=1S/C15H16Cl2N6O/c1-18-13-12(23-6-5-19-15(23)24)8-20-14(21-13)22(2)9-3-4-10(16)11(17)7-9/h3-4,7-8H,5-6H2,1-2H3,(H,19,24)(H,18,20,21). The first kappa shape index (κ1) is 16.6. The van der Waals surface area contributed by atoms with E-state index >= 15 is 0 Å². The quantitative estimate of drug-likeness (QED) is 0.869. The fraction of sp³-hybridized carbons (Fsp3) is 0.267. The van der Waals surface area contributed by atoms with E-state index in [1.807, 2.05) is 13.1 Å². The normalized spacial score (nSPS) is 13.8. The lowest BCUT2D eigenvalue weighted by Crippen LogP contribution is -2.29. The highest BCUT2D eigenvalue weighted by atomic mass is 35.5. The molecule has 24 heavy (non-hydrogen) atoms. The molecule has 3 rings (SSSR count). The molecular formula is C15H16Cl2N6O. The Labute approximate surface area is 149 Å². The van der Waals surface area contributed by atoms with E-state index in [4.69, 9.17) is 23.2 Å². The second-order valence-corrected chi connectivity index (χ2v) is 6.01. The van der Waals surface area contributed by atoms with Crippen molar-refractivity contribution in [3.63, 3.8) is 0 Å². The summed E-state index contributed by atoms with van der Waals surface area (Å²) in [6, 6.07) is 5.14. The molecule has 7 nitrogen and oxygen atoms in total. The maximum atomic E-state index is 11.8. The first-order valence-electron chi connectivity index (χ1n) is 7.30. The highest BCUT2D eigenvalue weighted by Crippen LogP contribution is 2.31. The molecule has 1 aliphatic rings. The third-order valence-electron chi connectivity index (χ3n) is 3.73. The molecule has 1 fully saturated rings. The Morgan fingerprint density at radius 3 is 2.75 bits per heavy atom. The lowest BCUT2D eigenvalue weighted by molar-refractivity contribution is 0.252. The van der Waals surface area contributed by atoms with Gasteiger partial charge in [0.15, 0.2) is 5.82 Å². The predicted octanol–water partition coefficient (Wildman–Crippen LogP) is 3.12. The minimum Gasteiger partial charge on any atom is -0.371 e. The van der Waals surface area contributed by atoms with Crippen LogP contribution < -0.4 is 20.4 Å². The number of carbonyl (C=O) groups is 1. The Hall–Kier alpha value is -2.25. The van der Waals surface area contributed by atoms with Gasteiger partial charge in [0, 0.05) is 32.9 Å². The minimum absolute atomic E-state index is 0.152. The Morgan fingerprint density at radius 2 is 2.12 bits per heavy atom. The number of nitrogens with zero attached hydrogens (tertiary/aromatic N) is 4. The van der Waals surface area contributed by atoms with Crippen molar-refractivity contribution in [2.45, 2.75) is 0 Å². The molecular weight excluding hydrogens is 351 g/mol. The van der Waals surface area contributed by atoms with Gasteiger partial charge in [0.1, 0.15) is 5.69 Å². The van der Waals surface area contributed by atoms with Crippen molar-refractivity contribution in [3.05, 3.63) is 34.4 Å². The summed E-state index contributed by atoms with van der Waals surface area (Å²) in [5.74, 6) is 1.05. The summed E-state index contributed by atoms with van der Waals surface area (Å²) in [5.41, 5.74) is 1.44. The molecule has 0 atom stereocenters. The van der Waals surface area contributed by atoms with E-state index in [9.17, 15) is 4.79 Å². The number of benzene rings is 1. The van der Waals surface area contributed by atoms with Crippen molar-refractivity contribution in [3.8, 4) is 0 Å². The van der Waals surface area contributed by atoms with Crippen LogP contribution >= 0.6 is 23.2 Å². The van der Waals surface area contributed by atoms with E-state index in [1.54, 1.807) is 35.2 Å². The third kappa shape index (κ3) is 3.05. The number of hydrogen-bond acceptors (Lipinski definition) is 5. The summed E-state index contributed by atoms with van der Waals surface area (Å²) in [5, 5.41) is 6.72. The van der Waals surface area contributed by atoms with Crippen LogP contribution in [0.1, 0.15) is 0 Å². The minimum atomic E-state index is -0.152. The van der Waals surface area contributed by atoms with Gasteiger partial charge in [-0.1, -0.05) is 23.2 Å². The Balaban J connectivity index is 1.94. The number of aromatic nitrogens is 2. The molecule has 2 heterocycles. The Morgan fingerprint density at radius 1 is 1.33 bits per heavy atom. The van der Waals surface area contributed by atoms with Crippen LogP contribution in [-0.2, 0) is 0 Å².